The van der Waals surface area contributed by atoms with Crippen LogP contribution >= 0.6 is 0 Å². The lowest BCUT2D eigenvalue weighted by atomic mass is 9.88. The lowest BCUT2D eigenvalue weighted by Crippen LogP contribution is -2.42. The molecule has 0 aliphatic heterocycles. The van der Waals surface area contributed by atoms with Gasteiger partial charge in [0.25, 0.3) is 0 Å². The Morgan fingerprint density at radius 2 is 2.00 bits per heavy atom. The van der Waals surface area contributed by atoms with Crippen LogP contribution in [0, 0.1) is 13.8 Å². The van der Waals surface area contributed by atoms with Crippen molar-refractivity contribution >= 4 is 5.97 Å². The summed E-state index contributed by atoms with van der Waals surface area (Å²) < 4.78 is 5.20. The summed E-state index contributed by atoms with van der Waals surface area (Å²) in [7, 11) is 1.51. The van der Waals surface area contributed by atoms with Crippen LogP contribution < -0.4 is 10.5 Å². The van der Waals surface area contributed by atoms with Gasteiger partial charge >= 0.3 is 5.97 Å². The molecule has 0 amide bonds. The molecule has 1 aromatic carbocycles. The third-order valence-electron chi connectivity index (χ3n) is 2.63. The normalized spacial score (nSPS) is 14.3. The zero-order chi connectivity index (χ0) is 12.5. The molecule has 0 fully saturated rings. The number of carboxylic acid groups (broad SMARTS) is 1. The molecule has 0 saturated heterocycles. The first-order valence-corrected chi connectivity index (χ1v) is 4.98. The SMILES string of the molecule is COc1cc(C)cc(C)c1[C@](C)(N)C(=O)O. The molecule has 1 aromatic rings. The van der Waals surface area contributed by atoms with Crippen molar-refractivity contribution in [2.75, 3.05) is 7.11 Å². The number of nitrogens with two attached hydrogens (primary N) is 1. The van der Waals surface area contributed by atoms with E-state index in [9.17, 15) is 4.79 Å². The first-order chi connectivity index (χ1) is 7.30. The molecule has 0 aliphatic carbocycles. The van der Waals surface area contributed by atoms with Crippen molar-refractivity contribution in [2.45, 2.75) is 26.3 Å². The lowest BCUT2D eigenvalue weighted by Gasteiger charge is -2.24. The molecule has 0 aliphatic rings. The van der Waals surface area contributed by atoms with Crippen molar-refractivity contribution in [3.63, 3.8) is 0 Å². The van der Waals surface area contributed by atoms with Gasteiger partial charge < -0.3 is 15.6 Å². The maximum Gasteiger partial charge on any atom is 0.328 e. The van der Waals surface area contributed by atoms with E-state index in [1.165, 1.54) is 14.0 Å². The molecule has 3 N–H and O–H groups in total. The fraction of sp³-hybridized carbons (Fsp3) is 0.417. The number of benzene rings is 1. The van der Waals surface area contributed by atoms with Gasteiger partial charge in [-0.05, 0) is 38.0 Å². The molecule has 0 unspecified atom stereocenters. The highest BCUT2D eigenvalue weighted by molar-refractivity contribution is 5.81. The number of carbonyl (C=O) groups is 1. The lowest BCUT2D eigenvalue weighted by molar-refractivity contribution is -0.143. The van der Waals surface area contributed by atoms with E-state index in [1.54, 1.807) is 6.07 Å². The highest BCUT2D eigenvalue weighted by atomic mass is 16.5. The van der Waals surface area contributed by atoms with E-state index < -0.39 is 11.5 Å². The van der Waals surface area contributed by atoms with Crippen molar-refractivity contribution in [1.29, 1.82) is 0 Å². The van der Waals surface area contributed by atoms with Gasteiger partial charge in [-0.15, -0.1) is 0 Å². The number of aliphatic carboxylic acids is 1. The van der Waals surface area contributed by atoms with Gasteiger partial charge in [-0.3, -0.25) is 0 Å². The van der Waals surface area contributed by atoms with Crippen LogP contribution in [0.5, 0.6) is 5.75 Å². The summed E-state index contributed by atoms with van der Waals surface area (Å²) in [6, 6.07) is 3.68. The van der Waals surface area contributed by atoms with E-state index in [1.807, 2.05) is 19.9 Å². The maximum atomic E-state index is 11.1. The Morgan fingerprint density at radius 1 is 1.44 bits per heavy atom. The van der Waals surface area contributed by atoms with Crippen LogP contribution in [0.15, 0.2) is 12.1 Å². The second-order valence-electron chi connectivity index (χ2n) is 4.17. The number of carboxylic acids is 1. The molecule has 0 saturated carbocycles. The van der Waals surface area contributed by atoms with Gasteiger partial charge in [-0.25, -0.2) is 4.79 Å². The quantitative estimate of drug-likeness (QED) is 0.815. The zero-order valence-electron chi connectivity index (χ0n) is 10.00. The summed E-state index contributed by atoms with van der Waals surface area (Å²) in [5.74, 6) is -0.553. The van der Waals surface area contributed by atoms with Crippen molar-refractivity contribution in [3.8, 4) is 5.75 Å². The monoisotopic (exact) mass is 223 g/mol. The molecule has 4 heteroatoms. The van der Waals surface area contributed by atoms with Crippen LogP contribution in [0.4, 0.5) is 0 Å². The van der Waals surface area contributed by atoms with Gasteiger partial charge in [0.05, 0.1) is 7.11 Å². The molecule has 0 spiro atoms. The molecular formula is C12H17NO3. The smallest absolute Gasteiger partial charge is 0.328 e. The number of hydrogen-bond donors (Lipinski definition) is 2. The average molecular weight is 223 g/mol. The van der Waals surface area contributed by atoms with Gasteiger partial charge in [0.1, 0.15) is 11.3 Å². The van der Waals surface area contributed by atoms with E-state index in [-0.39, 0.29) is 0 Å². The Bertz CT molecular complexity index is 425. The van der Waals surface area contributed by atoms with Crippen molar-refractivity contribution in [2.24, 2.45) is 5.73 Å². The second-order valence-corrected chi connectivity index (χ2v) is 4.17. The van der Waals surface area contributed by atoms with E-state index >= 15 is 0 Å². The van der Waals surface area contributed by atoms with E-state index in [2.05, 4.69) is 0 Å². The van der Waals surface area contributed by atoms with Gasteiger partial charge in [0.2, 0.25) is 0 Å². The molecule has 0 radical (unpaired) electrons. The van der Waals surface area contributed by atoms with Crippen molar-refractivity contribution < 1.29 is 14.6 Å². The molecule has 0 aromatic heterocycles. The number of ether oxygens (including phenoxy) is 1. The molecule has 0 heterocycles. The number of rotatable bonds is 3. The predicted molar refractivity (Wildman–Crippen MR) is 61.6 cm³/mol. The summed E-state index contributed by atoms with van der Waals surface area (Å²) in [5.41, 5.74) is 6.75. The third-order valence-corrected chi connectivity index (χ3v) is 2.63. The Hall–Kier alpha value is -1.55. The van der Waals surface area contributed by atoms with Crippen LogP contribution in [-0.2, 0) is 10.3 Å². The zero-order valence-corrected chi connectivity index (χ0v) is 10.00. The second kappa shape index (κ2) is 4.14. The fourth-order valence-corrected chi connectivity index (χ4v) is 1.86. The largest absolute Gasteiger partial charge is 0.496 e. The van der Waals surface area contributed by atoms with Crippen LogP contribution in [0.25, 0.3) is 0 Å². The summed E-state index contributed by atoms with van der Waals surface area (Å²) >= 11 is 0. The van der Waals surface area contributed by atoms with Crippen LogP contribution in [-0.4, -0.2) is 18.2 Å². The molecule has 1 rings (SSSR count). The Kier molecular flexibility index (Phi) is 3.24. The minimum absolute atomic E-state index is 0.518. The number of aryl methyl sites for hydroxylation is 2. The summed E-state index contributed by atoms with van der Waals surface area (Å²) in [4.78, 5) is 11.1. The maximum absolute atomic E-state index is 11.1. The molecular weight excluding hydrogens is 206 g/mol. The predicted octanol–water partition coefficient (Wildman–Crippen LogP) is 1.57. The Balaban J connectivity index is 3.49. The van der Waals surface area contributed by atoms with Gasteiger partial charge in [-0.2, -0.15) is 0 Å². The van der Waals surface area contributed by atoms with Gasteiger partial charge in [-0.1, -0.05) is 6.07 Å². The fourth-order valence-electron chi connectivity index (χ4n) is 1.86. The molecule has 0 bridgehead atoms. The summed E-state index contributed by atoms with van der Waals surface area (Å²) in [6.07, 6.45) is 0. The standard InChI is InChI=1S/C12H17NO3/c1-7-5-8(2)10(9(6-7)16-4)12(3,13)11(14)15/h5-6H,13H2,1-4H3,(H,14,15)/t12-/m0/s1. The minimum Gasteiger partial charge on any atom is -0.496 e. The molecule has 16 heavy (non-hydrogen) atoms. The van der Waals surface area contributed by atoms with E-state index in [0.717, 1.165) is 11.1 Å². The minimum atomic E-state index is -1.44. The van der Waals surface area contributed by atoms with Gasteiger partial charge in [0.15, 0.2) is 0 Å². The number of methoxy groups -OCH3 is 1. The topological polar surface area (TPSA) is 72.5 Å². The highest BCUT2D eigenvalue weighted by Crippen LogP contribution is 2.32. The van der Waals surface area contributed by atoms with Crippen LogP contribution in [0.1, 0.15) is 23.6 Å². The van der Waals surface area contributed by atoms with Crippen LogP contribution in [0.2, 0.25) is 0 Å². The Labute approximate surface area is 95.0 Å². The van der Waals surface area contributed by atoms with E-state index in [4.69, 9.17) is 15.6 Å². The first kappa shape index (κ1) is 12.5. The third kappa shape index (κ3) is 2.02. The van der Waals surface area contributed by atoms with Crippen molar-refractivity contribution in [1.82, 2.24) is 0 Å². The highest BCUT2D eigenvalue weighted by Gasteiger charge is 2.34. The average Bonchev–Trinajstić information content (AvgIpc) is 2.15. The first-order valence-electron chi connectivity index (χ1n) is 4.98. The summed E-state index contributed by atoms with van der Waals surface area (Å²) in [6.45, 7) is 5.22. The van der Waals surface area contributed by atoms with E-state index in [0.29, 0.717) is 11.3 Å². The van der Waals surface area contributed by atoms with Gasteiger partial charge in [0, 0.05) is 5.56 Å². The van der Waals surface area contributed by atoms with Crippen LogP contribution in [0.3, 0.4) is 0 Å². The molecule has 1 atom stereocenters. The summed E-state index contributed by atoms with van der Waals surface area (Å²) in [5, 5.41) is 9.13. The molecule has 88 valence electrons. The molecule has 4 nitrogen and oxygen atoms in total. The Morgan fingerprint density at radius 3 is 2.44 bits per heavy atom. The van der Waals surface area contributed by atoms with Crippen molar-refractivity contribution in [3.05, 3.63) is 28.8 Å². The number of hydrogen-bond acceptors (Lipinski definition) is 3.